The Bertz CT molecular complexity index is 680. The Morgan fingerprint density at radius 1 is 1.03 bits per heavy atom. The summed E-state index contributed by atoms with van der Waals surface area (Å²) >= 11 is 0. The average molecular weight is 408 g/mol. The van der Waals surface area contributed by atoms with E-state index in [1.54, 1.807) is 26.4 Å². The van der Waals surface area contributed by atoms with Crippen molar-refractivity contribution >= 4 is 11.9 Å². The van der Waals surface area contributed by atoms with Gasteiger partial charge in [0, 0.05) is 12.5 Å². The van der Waals surface area contributed by atoms with E-state index < -0.39 is 5.97 Å². The molecule has 1 aromatic rings. The average Bonchev–Trinajstić information content (AvgIpc) is 2.73. The number of carbonyl (C=O) groups is 2. The zero-order valence-electron chi connectivity index (χ0n) is 18.1. The number of hydrogen-bond donors (Lipinski definition) is 1. The first-order valence-corrected chi connectivity index (χ1v) is 10.1. The molecule has 162 valence electrons. The smallest absolute Gasteiger partial charge is 0.306 e. The van der Waals surface area contributed by atoms with Crippen molar-refractivity contribution < 1.29 is 28.5 Å². The molecular formula is C22H33NO6. The van der Waals surface area contributed by atoms with Crippen LogP contribution in [0.5, 0.6) is 17.2 Å². The van der Waals surface area contributed by atoms with Gasteiger partial charge >= 0.3 is 5.97 Å². The number of rotatable bonds is 9. The largest absolute Gasteiger partial charge is 0.493 e. The monoisotopic (exact) mass is 407 g/mol. The summed E-state index contributed by atoms with van der Waals surface area (Å²) in [4.78, 5) is 24.2. The molecule has 0 radical (unpaired) electrons. The van der Waals surface area contributed by atoms with E-state index in [1.165, 1.54) is 13.5 Å². The van der Waals surface area contributed by atoms with Crippen molar-refractivity contribution in [3.8, 4) is 17.2 Å². The predicted octanol–water partition coefficient (Wildman–Crippen LogP) is 3.13. The second-order valence-electron chi connectivity index (χ2n) is 7.64. The van der Waals surface area contributed by atoms with Crippen molar-refractivity contribution in [1.82, 2.24) is 5.32 Å². The van der Waals surface area contributed by atoms with Crippen LogP contribution in [0, 0.1) is 11.8 Å². The Morgan fingerprint density at radius 3 is 2.28 bits per heavy atom. The molecule has 29 heavy (non-hydrogen) atoms. The minimum atomic E-state index is -0.418. The topological polar surface area (TPSA) is 83.1 Å². The first-order chi connectivity index (χ1) is 13.9. The molecule has 0 spiro atoms. The molecule has 2 rings (SSSR count). The summed E-state index contributed by atoms with van der Waals surface area (Å²) in [5, 5.41) is 3.01. The van der Waals surface area contributed by atoms with Crippen molar-refractivity contribution in [2.24, 2.45) is 11.8 Å². The maximum absolute atomic E-state index is 12.1. The van der Waals surface area contributed by atoms with Gasteiger partial charge in [0.1, 0.15) is 0 Å². The van der Waals surface area contributed by atoms with Crippen LogP contribution in [0.1, 0.15) is 45.1 Å². The number of benzene rings is 1. The number of nitrogens with one attached hydrogen (secondary N) is 1. The maximum Gasteiger partial charge on any atom is 0.306 e. The highest BCUT2D eigenvalue weighted by atomic mass is 16.5. The van der Waals surface area contributed by atoms with E-state index in [0.717, 1.165) is 18.4 Å². The maximum atomic E-state index is 12.1. The van der Waals surface area contributed by atoms with Gasteiger partial charge in [-0.3, -0.25) is 9.59 Å². The quantitative estimate of drug-likeness (QED) is 0.633. The van der Waals surface area contributed by atoms with E-state index in [1.807, 2.05) is 0 Å². The van der Waals surface area contributed by atoms with E-state index in [4.69, 9.17) is 18.9 Å². The molecule has 7 nitrogen and oxygen atoms in total. The molecule has 0 heterocycles. The summed E-state index contributed by atoms with van der Waals surface area (Å²) in [6.07, 6.45) is 3.89. The van der Waals surface area contributed by atoms with Gasteiger partial charge in [0.15, 0.2) is 18.1 Å². The van der Waals surface area contributed by atoms with Crippen molar-refractivity contribution in [2.45, 2.75) is 52.0 Å². The number of ether oxygens (including phenoxy) is 4. The molecule has 7 heteroatoms. The lowest BCUT2D eigenvalue weighted by atomic mass is 9.78. The fourth-order valence-corrected chi connectivity index (χ4v) is 3.78. The molecule has 1 aromatic carbocycles. The lowest BCUT2D eigenvalue weighted by Crippen LogP contribution is -2.45. The van der Waals surface area contributed by atoms with Gasteiger partial charge in [-0.15, -0.1) is 0 Å². The Kier molecular flexibility index (Phi) is 8.61. The van der Waals surface area contributed by atoms with Crippen LogP contribution in [-0.2, 0) is 20.7 Å². The predicted molar refractivity (Wildman–Crippen MR) is 109 cm³/mol. The Balaban J connectivity index is 1.82. The number of methoxy groups -OCH3 is 3. The summed E-state index contributed by atoms with van der Waals surface area (Å²) in [6.45, 7) is 4.13. The van der Waals surface area contributed by atoms with Crippen LogP contribution >= 0.6 is 0 Å². The fourth-order valence-electron chi connectivity index (χ4n) is 3.78. The van der Waals surface area contributed by atoms with Crippen molar-refractivity contribution in [3.05, 3.63) is 17.7 Å². The summed E-state index contributed by atoms with van der Waals surface area (Å²) < 4.78 is 21.1. The fraction of sp³-hybridized carbons (Fsp3) is 0.636. The highest BCUT2D eigenvalue weighted by Crippen LogP contribution is 2.38. The van der Waals surface area contributed by atoms with Gasteiger partial charge in [-0.2, -0.15) is 0 Å². The van der Waals surface area contributed by atoms with Gasteiger partial charge in [-0.25, -0.2) is 0 Å². The van der Waals surface area contributed by atoms with Gasteiger partial charge in [-0.05, 0) is 42.4 Å². The zero-order valence-corrected chi connectivity index (χ0v) is 18.1. The number of amides is 1. The van der Waals surface area contributed by atoms with Crippen molar-refractivity contribution in [1.29, 1.82) is 0 Å². The molecule has 1 aliphatic rings. The number of esters is 1. The molecular weight excluding hydrogens is 374 g/mol. The standard InChI is InChI=1S/C22H33NO6/c1-14-7-6-8-17(15(14)2)23-20(24)13-29-21(25)10-9-16-11-18(26-3)22(28-5)19(12-16)27-4/h11-12,14-15,17H,6-10,13H2,1-5H3,(H,23,24)/t14-,15-,17-/m1/s1. The SMILES string of the molecule is COc1cc(CCC(=O)OCC(=O)N[C@@H]2CCC[C@@H](C)[C@H]2C)cc(OC)c1OC. The Labute approximate surface area is 173 Å². The molecule has 0 unspecified atom stereocenters. The lowest BCUT2D eigenvalue weighted by molar-refractivity contribution is -0.148. The van der Waals surface area contributed by atoms with Gasteiger partial charge < -0.3 is 24.3 Å². The third-order valence-corrected chi connectivity index (χ3v) is 5.76. The summed E-state index contributed by atoms with van der Waals surface area (Å²) in [5.74, 6) is 1.94. The normalized spacial score (nSPS) is 21.2. The molecule has 3 atom stereocenters. The molecule has 0 aromatic heterocycles. The van der Waals surface area contributed by atoms with Crippen LogP contribution < -0.4 is 19.5 Å². The van der Waals surface area contributed by atoms with Crippen LogP contribution in [0.25, 0.3) is 0 Å². The first kappa shape index (κ1) is 22.8. The summed E-state index contributed by atoms with van der Waals surface area (Å²) in [6, 6.07) is 3.75. The van der Waals surface area contributed by atoms with E-state index in [9.17, 15) is 9.59 Å². The molecule has 0 aliphatic heterocycles. The minimum absolute atomic E-state index is 0.156. The molecule has 0 saturated heterocycles. The molecule has 1 N–H and O–H groups in total. The molecule has 0 bridgehead atoms. The summed E-state index contributed by atoms with van der Waals surface area (Å²) in [5.41, 5.74) is 0.853. The highest BCUT2D eigenvalue weighted by Gasteiger charge is 2.28. The van der Waals surface area contributed by atoms with Gasteiger partial charge in [0.25, 0.3) is 5.91 Å². The van der Waals surface area contributed by atoms with Crippen LogP contribution in [-0.4, -0.2) is 45.9 Å². The molecule has 1 amide bonds. The van der Waals surface area contributed by atoms with E-state index in [2.05, 4.69) is 19.2 Å². The minimum Gasteiger partial charge on any atom is -0.493 e. The van der Waals surface area contributed by atoms with Crippen molar-refractivity contribution in [2.75, 3.05) is 27.9 Å². The van der Waals surface area contributed by atoms with Crippen molar-refractivity contribution in [3.63, 3.8) is 0 Å². The van der Waals surface area contributed by atoms with Gasteiger partial charge in [-0.1, -0.05) is 26.7 Å². The zero-order chi connectivity index (χ0) is 21.4. The van der Waals surface area contributed by atoms with Gasteiger partial charge in [0.05, 0.1) is 21.3 Å². The number of aryl methyl sites for hydroxylation is 1. The highest BCUT2D eigenvalue weighted by molar-refractivity contribution is 5.80. The van der Waals surface area contributed by atoms with Crippen LogP contribution in [0.2, 0.25) is 0 Å². The third kappa shape index (κ3) is 6.27. The number of hydrogen-bond acceptors (Lipinski definition) is 6. The van der Waals surface area contributed by atoms with E-state index >= 15 is 0 Å². The van der Waals surface area contributed by atoms with E-state index in [-0.39, 0.29) is 25.0 Å². The first-order valence-electron chi connectivity index (χ1n) is 10.1. The number of carbonyl (C=O) groups excluding carboxylic acids is 2. The van der Waals surface area contributed by atoms with Crippen LogP contribution in [0.4, 0.5) is 0 Å². The Morgan fingerprint density at radius 2 is 1.69 bits per heavy atom. The van der Waals surface area contributed by atoms with Crippen LogP contribution in [0.15, 0.2) is 12.1 Å². The second-order valence-corrected chi connectivity index (χ2v) is 7.64. The van der Waals surface area contributed by atoms with E-state index in [0.29, 0.717) is 35.5 Å². The Hall–Kier alpha value is -2.44. The van der Waals surface area contributed by atoms with Crippen LogP contribution in [0.3, 0.4) is 0 Å². The molecule has 1 saturated carbocycles. The lowest BCUT2D eigenvalue weighted by Gasteiger charge is -2.34. The molecule has 1 aliphatic carbocycles. The summed E-state index contributed by atoms with van der Waals surface area (Å²) in [7, 11) is 4.63. The molecule has 1 fully saturated rings. The van der Waals surface area contributed by atoms with Gasteiger partial charge in [0.2, 0.25) is 5.75 Å². The second kappa shape index (κ2) is 10.9. The third-order valence-electron chi connectivity index (χ3n) is 5.76.